The monoisotopic (exact) mass is 1250 g/mol. The van der Waals surface area contributed by atoms with Gasteiger partial charge in [-0.25, -0.2) is 29.9 Å². The first kappa shape index (κ1) is 60.1. The number of aliphatic carboxylic acids is 1. The Bertz CT molecular complexity index is 3830. The molecule has 0 saturated carbocycles. The summed E-state index contributed by atoms with van der Waals surface area (Å²) >= 11 is 18.1. The zero-order valence-corrected chi connectivity index (χ0v) is 49.5. The van der Waals surface area contributed by atoms with Crippen LogP contribution in [0.2, 0.25) is 15.1 Å². The van der Waals surface area contributed by atoms with Crippen LogP contribution in [0.25, 0.3) is 0 Å². The van der Waals surface area contributed by atoms with E-state index in [0.29, 0.717) is 122 Å². The maximum Gasteiger partial charge on any atom is 0.311 e. The lowest BCUT2D eigenvalue weighted by Crippen LogP contribution is -2.37. The first-order chi connectivity index (χ1) is 38.7. The van der Waals surface area contributed by atoms with Crippen molar-refractivity contribution in [1.82, 2.24) is 42.7 Å². The molecule has 0 fully saturated rings. The molecule has 0 spiro atoms. The number of hydrogen-bond acceptors (Lipinski definition) is 18. The van der Waals surface area contributed by atoms with E-state index in [0.717, 1.165) is 62.4 Å². The Hall–Kier alpha value is -6.50. The Morgan fingerprint density at radius 2 is 0.988 bits per heavy atom. The van der Waals surface area contributed by atoms with E-state index in [2.05, 4.69) is 36.3 Å². The molecule has 6 aliphatic rings. The molecule has 3 unspecified atom stereocenters. The summed E-state index contributed by atoms with van der Waals surface area (Å²) in [5.74, 6) is -1.42. The summed E-state index contributed by atoms with van der Waals surface area (Å²) in [6, 6.07) is 16.2. The lowest BCUT2D eigenvalue weighted by Gasteiger charge is -2.28. The molecule has 82 heavy (non-hydrogen) atoms. The van der Waals surface area contributed by atoms with Gasteiger partial charge in [-0.1, -0.05) is 34.8 Å². The summed E-state index contributed by atoms with van der Waals surface area (Å²) in [6.45, 7) is 3.74. The van der Waals surface area contributed by atoms with Gasteiger partial charge >= 0.3 is 5.97 Å². The molecule has 6 aromatic rings. The van der Waals surface area contributed by atoms with Crippen molar-refractivity contribution in [2.45, 2.75) is 75.9 Å². The molecule has 440 valence electrons. The van der Waals surface area contributed by atoms with E-state index in [1.165, 1.54) is 34.8 Å². The molecular formula is C51H62Cl3N15O10S3. The number of carbonyl (C=O) groups is 3. The van der Waals surface area contributed by atoms with Crippen molar-refractivity contribution in [3.63, 3.8) is 0 Å². The maximum absolute atomic E-state index is 13.3. The summed E-state index contributed by atoms with van der Waals surface area (Å²) in [5.41, 5.74) is 27.2. The van der Waals surface area contributed by atoms with Crippen LogP contribution in [0.4, 0.5) is 34.5 Å². The Kier molecular flexibility index (Phi) is 17.6. The van der Waals surface area contributed by atoms with Crippen molar-refractivity contribution < 1.29 is 44.7 Å². The molecule has 12 rings (SSSR count). The van der Waals surface area contributed by atoms with Crippen molar-refractivity contribution in [1.29, 1.82) is 0 Å². The molecule has 6 aliphatic heterocycles. The van der Waals surface area contributed by atoms with Crippen LogP contribution in [0.15, 0.2) is 54.6 Å². The van der Waals surface area contributed by atoms with Crippen molar-refractivity contribution >= 4 is 117 Å². The van der Waals surface area contributed by atoms with Crippen molar-refractivity contribution in [3.05, 3.63) is 120 Å². The van der Waals surface area contributed by atoms with E-state index in [-0.39, 0.29) is 30.7 Å². The summed E-state index contributed by atoms with van der Waals surface area (Å²) in [5, 5.41) is 35.6. The zero-order chi connectivity index (χ0) is 59.2. The summed E-state index contributed by atoms with van der Waals surface area (Å²) in [6.07, 6.45) is 6.85. The van der Waals surface area contributed by atoms with Crippen molar-refractivity contribution in [2.75, 3.05) is 91.2 Å². The third-order valence-electron chi connectivity index (χ3n) is 15.2. The fraction of sp³-hybridized carbons (Fsp3) is 0.412. The number of nitrogen functional groups attached to an aromatic ring is 3. The molecule has 0 saturated heterocycles. The van der Waals surface area contributed by atoms with Crippen LogP contribution in [0.1, 0.15) is 97.1 Å². The second-order valence-corrected chi connectivity index (χ2v) is 27.8. The summed E-state index contributed by atoms with van der Waals surface area (Å²) in [4.78, 5) is 37.5. The van der Waals surface area contributed by atoms with E-state index >= 15 is 0 Å². The van der Waals surface area contributed by atoms with Crippen LogP contribution in [-0.4, -0.2) is 149 Å². The van der Waals surface area contributed by atoms with Crippen LogP contribution < -0.4 is 33.2 Å². The van der Waals surface area contributed by atoms with E-state index < -0.39 is 53.8 Å². The molecule has 3 aromatic heterocycles. The van der Waals surface area contributed by atoms with Crippen LogP contribution in [-0.2, 0) is 73.8 Å². The van der Waals surface area contributed by atoms with Gasteiger partial charge in [0.1, 0.15) is 17.5 Å². The highest BCUT2D eigenvalue weighted by Gasteiger charge is 2.37. The highest BCUT2D eigenvalue weighted by Crippen LogP contribution is 2.39. The number of benzene rings is 3. The van der Waals surface area contributed by atoms with E-state index in [4.69, 9.17) is 57.1 Å². The SMILES string of the molecule is CS(=O)(=O)N1CCc2c(N)n[nH]c2C1.CS(=O)(=O)N1CCc2c(N)nn(C(=O)C3CCNc4ccc(Cl)cc43)c2C1.CS(=O)(=O)N1CCc2c(nn(C(=O)C3CCNc4ccc(Cl)cc43)c2N)C1.O=C(O)C1CCNc2ccc(Cl)cc21. The van der Waals surface area contributed by atoms with E-state index in [1.54, 1.807) is 36.4 Å². The molecule has 0 radical (unpaired) electrons. The summed E-state index contributed by atoms with van der Waals surface area (Å²) < 4.78 is 76.7. The van der Waals surface area contributed by atoms with Gasteiger partial charge in [-0.3, -0.25) is 19.5 Å². The van der Waals surface area contributed by atoms with Gasteiger partial charge in [0.2, 0.25) is 30.1 Å². The Labute approximate surface area is 488 Å². The van der Waals surface area contributed by atoms with Gasteiger partial charge < -0.3 is 38.3 Å². The number of nitrogens with zero attached hydrogens (tertiary/aromatic N) is 8. The highest BCUT2D eigenvalue weighted by molar-refractivity contribution is 7.88. The molecule has 0 aliphatic carbocycles. The number of aromatic nitrogens is 6. The number of halogens is 3. The minimum absolute atomic E-state index is 0.0947. The molecule has 0 amide bonds. The largest absolute Gasteiger partial charge is 0.481 e. The van der Waals surface area contributed by atoms with Crippen LogP contribution in [0.3, 0.4) is 0 Å². The normalized spacial score (nSPS) is 19.5. The Morgan fingerprint density at radius 3 is 1.48 bits per heavy atom. The topological polar surface area (TPSA) is 362 Å². The minimum Gasteiger partial charge on any atom is -0.481 e. The average molecular weight is 1250 g/mol. The number of aromatic amines is 1. The molecule has 25 nitrogen and oxygen atoms in total. The standard InChI is InChI=1S/2C17H20ClN5O3S.C10H10ClNO2.C7H12N4O2S/c1-27(25,26)22-7-5-12-15(9-22)23(21-16(12)19)17(24)11-4-6-20-14-3-2-10(18)8-13(11)14;1-27(25,26)22-7-5-12-15(9-22)21-23(16(12)19)17(24)11-4-6-20-14-3-2-10(18)8-13(11)14;11-6-1-2-9-8(5-6)7(10(13)14)3-4-12-9;1-14(12,13)11-3-2-5-6(4-11)9-10-7(5)8/h2-3,8,11,20H,4-7,9H2,1H3,(H2,19,21);2-3,8,11,20H,4-7,9,19H2,1H3;1-2,5,7,12H,3-4H2,(H,13,14);2-4H2,1H3,(H3,8,9,10). The molecule has 31 heteroatoms. The third-order valence-corrected chi connectivity index (χ3v) is 19.6. The van der Waals surface area contributed by atoms with E-state index in [1.807, 2.05) is 18.2 Å². The van der Waals surface area contributed by atoms with Gasteiger partial charge in [-0.2, -0.15) is 27.8 Å². The lowest BCUT2D eigenvalue weighted by molar-refractivity contribution is -0.139. The first-order valence-electron chi connectivity index (χ1n) is 26.0. The molecular weight excluding hydrogens is 1190 g/mol. The van der Waals surface area contributed by atoms with Crippen LogP contribution in [0, 0.1) is 0 Å². The second kappa shape index (κ2) is 24.0. The number of rotatable bonds is 6. The molecule has 3 atom stereocenters. The van der Waals surface area contributed by atoms with Gasteiger partial charge in [-0.05, 0) is 110 Å². The molecule has 11 N–H and O–H groups in total. The van der Waals surface area contributed by atoms with E-state index in [9.17, 15) is 39.6 Å². The number of anilines is 6. The fourth-order valence-electron chi connectivity index (χ4n) is 10.9. The number of carbonyl (C=O) groups excluding carboxylic acids is 2. The van der Waals surface area contributed by atoms with Crippen molar-refractivity contribution in [2.24, 2.45) is 0 Å². The van der Waals surface area contributed by atoms with Gasteiger partial charge in [0.15, 0.2) is 0 Å². The smallest absolute Gasteiger partial charge is 0.311 e. The zero-order valence-electron chi connectivity index (χ0n) is 44.8. The molecule has 3 aromatic carbocycles. The lowest BCUT2D eigenvalue weighted by atomic mass is 9.90. The predicted octanol–water partition coefficient (Wildman–Crippen LogP) is 4.99. The van der Waals surface area contributed by atoms with Gasteiger partial charge in [0.05, 0.1) is 73.2 Å². The Balaban J connectivity index is 0.000000138. The number of H-pyrrole nitrogens is 1. The highest BCUT2D eigenvalue weighted by atomic mass is 35.5. The summed E-state index contributed by atoms with van der Waals surface area (Å²) in [7, 11) is -9.81. The Morgan fingerprint density at radius 1 is 0.561 bits per heavy atom. The maximum atomic E-state index is 13.3. The van der Waals surface area contributed by atoms with Crippen LogP contribution >= 0.6 is 34.8 Å². The molecule has 9 heterocycles. The van der Waals surface area contributed by atoms with Gasteiger partial charge in [0.25, 0.3) is 11.8 Å². The fourth-order valence-corrected chi connectivity index (χ4v) is 13.8. The number of hydrogen-bond donors (Lipinski definition) is 8. The van der Waals surface area contributed by atoms with Gasteiger partial charge in [0, 0.05) is 88.1 Å². The number of fused-ring (bicyclic) bond motifs is 6. The molecule has 0 bridgehead atoms. The van der Waals surface area contributed by atoms with Crippen molar-refractivity contribution in [3.8, 4) is 0 Å². The number of nitrogens with two attached hydrogens (primary N) is 3. The number of carboxylic acids is 1. The van der Waals surface area contributed by atoms with Gasteiger partial charge in [-0.15, -0.1) is 5.10 Å². The number of nitrogens with one attached hydrogen (secondary N) is 4. The number of sulfonamides is 3. The second-order valence-electron chi connectivity index (χ2n) is 20.6. The third kappa shape index (κ3) is 13.0. The first-order valence-corrected chi connectivity index (χ1v) is 32.7. The van der Waals surface area contributed by atoms with Crippen LogP contribution in [0.5, 0.6) is 0 Å². The number of carboxylic acid groups (broad SMARTS) is 1. The quantitative estimate of drug-likeness (QED) is 0.109. The average Bonchev–Trinajstić information content (AvgIpc) is 3.46. The minimum atomic E-state index is -3.37. The predicted molar refractivity (Wildman–Crippen MR) is 314 cm³/mol.